The largest absolute Gasteiger partial charge is 0.392 e. The number of Topliss-reactive ketones (excluding diaryl/α,β-unsaturated/α-hetero) is 1. The first-order chi connectivity index (χ1) is 8.62. The minimum atomic E-state index is -0.290. The van der Waals surface area contributed by atoms with Gasteiger partial charge >= 0.3 is 0 Å². The Kier molecular flexibility index (Phi) is 4.46. The summed E-state index contributed by atoms with van der Waals surface area (Å²) in [6.07, 6.45) is 3.99. The van der Waals surface area contributed by atoms with Crippen molar-refractivity contribution >= 4 is 17.5 Å². The second-order valence-electron chi connectivity index (χ2n) is 5.09. The van der Waals surface area contributed by atoms with E-state index in [1.165, 1.54) is 4.90 Å². The molecule has 1 aromatic rings. The molecule has 0 bridgehead atoms. The van der Waals surface area contributed by atoms with Crippen LogP contribution in [0.5, 0.6) is 0 Å². The van der Waals surface area contributed by atoms with Crippen molar-refractivity contribution in [2.45, 2.75) is 54.8 Å². The Hall–Kier alpha value is -0.800. The molecule has 0 saturated heterocycles. The summed E-state index contributed by atoms with van der Waals surface area (Å²) < 4.78 is 0.0120. The molecule has 2 nitrogen and oxygen atoms in total. The average molecular weight is 264 g/mol. The lowest BCUT2D eigenvalue weighted by atomic mass is 10.1. The first kappa shape index (κ1) is 13.6. The summed E-state index contributed by atoms with van der Waals surface area (Å²) >= 11 is 1.79. The fourth-order valence-electron chi connectivity index (χ4n) is 2.16. The monoisotopic (exact) mass is 264 g/mol. The molecule has 1 atom stereocenters. The third kappa shape index (κ3) is 3.59. The Morgan fingerprint density at radius 1 is 1.39 bits per heavy atom. The van der Waals surface area contributed by atoms with Crippen LogP contribution in [-0.4, -0.2) is 21.7 Å². The van der Waals surface area contributed by atoms with Gasteiger partial charge in [-0.2, -0.15) is 0 Å². The van der Waals surface area contributed by atoms with E-state index in [-0.39, 0.29) is 16.6 Å². The van der Waals surface area contributed by atoms with Crippen molar-refractivity contribution in [3.8, 4) is 0 Å². The SMILES string of the molecule is CC(=O)CCCC(O)C1(Sc2ccccc2)CC1. The van der Waals surface area contributed by atoms with E-state index in [2.05, 4.69) is 12.1 Å². The van der Waals surface area contributed by atoms with Crippen molar-refractivity contribution in [2.75, 3.05) is 0 Å². The van der Waals surface area contributed by atoms with Crippen molar-refractivity contribution in [1.29, 1.82) is 0 Å². The molecule has 98 valence electrons. The van der Waals surface area contributed by atoms with Crippen molar-refractivity contribution in [3.05, 3.63) is 30.3 Å². The standard InChI is InChI=1S/C15H20O2S/c1-12(16)6-5-9-14(17)15(10-11-15)18-13-7-3-2-4-8-13/h2-4,7-8,14,17H,5-6,9-11H2,1H3. The van der Waals surface area contributed by atoms with E-state index in [0.717, 1.165) is 25.7 Å². The first-order valence-corrected chi connectivity index (χ1v) is 7.36. The van der Waals surface area contributed by atoms with E-state index in [1.54, 1.807) is 18.7 Å². The molecule has 0 aliphatic heterocycles. The van der Waals surface area contributed by atoms with Gasteiger partial charge in [0.05, 0.1) is 6.10 Å². The minimum Gasteiger partial charge on any atom is -0.392 e. The van der Waals surface area contributed by atoms with Crippen LogP contribution in [0, 0.1) is 0 Å². The number of benzene rings is 1. The van der Waals surface area contributed by atoms with E-state index < -0.39 is 0 Å². The third-order valence-electron chi connectivity index (χ3n) is 3.42. The molecule has 1 aliphatic rings. The fourth-order valence-corrected chi connectivity index (χ4v) is 3.48. The van der Waals surface area contributed by atoms with Gasteiger partial charge in [0.25, 0.3) is 0 Å². The predicted molar refractivity (Wildman–Crippen MR) is 74.8 cm³/mol. The molecule has 1 aliphatic carbocycles. The summed E-state index contributed by atoms with van der Waals surface area (Å²) in [7, 11) is 0. The van der Waals surface area contributed by atoms with E-state index >= 15 is 0 Å². The first-order valence-electron chi connectivity index (χ1n) is 6.54. The van der Waals surface area contributed by atoms with Gasteiger partial charge in [-0.1, -0.05) is 18.2 Å². The number of ketones is 1. The summed E-state index contributed by atoms with van der Waals surface area (Å²) in [4.78, 5) is 12.1. The predicted octanol–water partition coefficient (Wildman–Crippen LogP) is 3.43. The minimum absolute atomic E-state index is 0.0120. The third-order valence-corrected chi connectivity index (χ3v) is 5.02. The van der Waals surface area contributed by atoms with Crippen molar-refractivity contribution in [1.82, 2.24) is 0 Å². The summed E-state index contributed by atoms with van der Waals surface area (Å²) in [5, 5.41) is 10.3. The van der Waals surface area contributed by atoms with Crippen LogP contribution in [0.25, 0.3) is 0 Å². The smallest absolute Gasteiger partial charge is 0.129 e. The van der Waals surface area contributed by atoms with Gasteiger partial charge in [0.2, 0.25) is 0 Å². The Labute approximate surface area is 113 Å². The number of rotatable bonds is 7. The van der Waals surface area contributed by atoms with Crippen LogP contribution in [-0.2, 0) is 4.79 Å². The highest BCUT2D eigenvalue weighted by Gasteiger charge is 2.49. The molecular formula is C15H20O2S. The van der Waals surface area contributed by atoms with Gasteiger partial charge in [0.15, 0.2) is 0 Å². The molecule has 2 rings (SSSR count). The van der Waals surface area contributed by atoms with Gasteiger partial charge in [-0.25, -0.2) is 0 Å². The number of thioether (sulfide) groups is 1. The zero-order chi connectivity index (χ0) is 13.0. The molecule has 18 heavy (non-hydrogen) atoms. The van der Waals surface area contributed by atoms with E-state index in [4.69, 9.17) is 0 Å². The second-order valence-corrected chi connectivity index (χ2v) is 6.58. The average Bonchev–Trinajstić information content (AvgIpc) is 3.11. The zero-order valence-corrected chi connectivity index (χ0v) is 11.6. The molecule has 0 aromatic heterocycles. The molecule has 1 N–H and O–H groups in total. The van der Waals surface area contributed by atoms with Crippen LogP contribution < -0.4 is 0 Å². The summed E-state index contributed by atoms with van der Waals surface area (Å²) in [6.45, 7) is 1.61. The number of hydrogen-bond donors (Lipinski definition) is 1. The molecule has 0 amide bonds. The second kappa shape index (κ2) is 5.89. The molecule has 0 radical (unpaired) electrons. The molecular weight excluding hydrogens is 244 g/mol. The number of aliphatic hydroxyl groups is 1. The molecule has 1 saturated carbocycles. The summed E-state index contributed by atoms with van der Waals surface area (Å²) in [6, 6.07) is 10.2. The highest BCUT2D eigenvalue weighted by atomic mass is 32.2. The molecule has 0 heterocycles. The summed E-state index contributed by atoms with van der Waals surface area (Å²) in [5.74, 6) is 0.211. The molecule has 0 spiro atoms. The lowest BCUT2D eigenvalue weighted by Crippen LogP contribution is -2.24. The van der Waals surface area contributed by atoms with Gasteiger partial charge in [-0.3, -0.25) is 0 Å². The van der Waals surface area contributed by atoms with Crippen LogP contribution in [0.4, 0.5) is 0 Å². The zero-order valence-electron chi connectivity index (χ0n) is 10.8. The molecule has 1 fully saturated rings. The maximum absolute atomic E-state index is 10.9. The lowest BCUT2D eigenvalue weighted by molar-refractivity contribution is -0.117. The number of carbonyl (C=O) groups excluding carboxylic acids is 1. The van der Waals surface area contributed by atoms with Crippen molar-refractivity contribution in [3.63, 3.8) is 0 Å². The van der Waals surface area contributed by atoms with Crippen LogP contribution >= 0.6 is 11.8 Å². The van der Waals surface area contributed by atoms with Gasteiger partial charge in [0, 0.05) is 16.1 Å². The Morgan fingerprint density at radius 3 is 2.61 bits per heavy atom. The number of aliphatic hydroxyl groups excluding tert-OH is 1. The van der Waals surface area contributed by atoms with Crippen LogP contribution in [0.2, 0.25) is 0 Å². The van der Waals surface area contributed by atoms with Crippen molar-refractivity contribution < 1.29 is 9.90 Å². The van der Waals surface area contributed by atoms with Crippen LogP contribution in [0.15, 0.2) is 35.2 Å². The number of hydrogen-bond acceptors (Lipinski definition) is 3. The fraction of sp³-hybridized carbons (Fsp3) is 0.533. The Balaban J connectivity index is 1.85. The topological polar surface area (TPSA) is 37.3 Å². The molecule has 1 aromatic carbocycles. The Bertz CT molecular complexity index is 398. The maximum Gasteiger partial charge on any atom is 0.129 e. The Morgan fingerprint density at radius 2 is 2.06 bits per heavy atom. The van der Waals surface area contributed by atoms with E-state index in [9.17, 15) is 9.90 Å². The molecule has 1 unspecified atom stereocenters. The number of carbonyl (C=O) groups is 1. The maximum atomic E-state index is 10.9. The van der Waals surface area contributed by atoms with Gasteiger partial charge in [-0.15, -0.1) is 11.8 Å². The quantitative estimate of drug-likeness (QED) is 0.819. The highest BCUT2D eigenvalue weighted by molar-refractivity contribution is 8.01. The molecule has 3 heteroatoms. The van der Waals surface area contributed by atoms with Gasteiger partial charge in [0.1, 0.15) is 5.78 Å². The van der Waals surface area contributed by atoms with E-state index in [1.807, 2.05) is 18.2 Å². The lowest BCUT2D eigenvalue weighted by Gasteiger charge is -2.21. The summed E-state index contributed by atoms with van der Waals surface area (Å²) in [5.41, 5.74) is 0. The van der Waals surface area contributed by atoms with Gasteiger partial charge in [-0.05, 0) is 44.7 Å². The highest BCUT2D eigenvalue weighted by Crippen LogP contribution is 2.54. The van der Waals surface area contributed by atoms with E-state index in [0.29, 0.717) is 6.42 Å². The van der Waals surface area contributed by atoms with Crippen LogP contribution in [0.1, 0.15) is 39.0 Å². The van der Waals surface area contributed by atoms with Gasteiger partial charge < -0.3 is 9.90 Å². The van der Waals surface area contributed by atoms with Crippen LogP contribution in [0.3, 0.4) is 0 Å². The normalized spacial score (nSPS) is 18.3. The van der Waals surface area contributed by atoms with Crippen molar-refractivity contribution in [2.24, 2.45) is 0 Å².